The number of rotatable bonds is 3. The third-order valence-electron chi connectivity index (χ3n) is 3.43. The lowest BCUT2D eigenvalue weighted by Gasteiger charge is -2.09. The molecule has 0 aliphatic rings. The zero-order valence-electron chi connectivity index (χ0n) is 12.5. The molecule has 122 valence electrons. The van der Waals surface area contributed by atoms with E-state index >= 15 is 0 Å². The van der Waals surface area contributed by atoms with Crippen LogP contribution in [0.15, 0.2) is 54.9 Å². The summed E-state index contributed by atoms with van der Waals surface area (Å²) in [6.45, 7) is 0.203. The molecule has 2 heterocycles. The van der Waals surface area contributed by atoms with Gasteiger partial charge in [0.2, 0.25) is 0 Å². The number of halogens is 3. The van der Waals surface area contributed by atoms with Crippen LogP contribution in [-0.4, -0.2) is 15.0 Å². The van der Waals surface area contributed by atoms with E-state index in [1.165, 1.54) is 12.1 Å². The normalized spacial score (nSPS) is 11.5. The van der Waals surface area contributed by atoms with Gasteiger partial charge >= 0.3 is 6.18 Å². The summed E-state index contributed by atoms with van der Waals surface area (Å²) < 4.78 is 38.0. The Morgan fingerprint density at radius 2 is 1.54 bits per heavy atom. The molecule has 0 atom stereocenters. The molecule has 7 heteroatoms. The van der Waals surface area contributed by atoms with Crippen molar-refractivity contribution in [2.45, 2.75) is 12.7 Å². The summed E-state index contributed by atoms with van der Waals surface area (Å²) in [7, 11) is 0. The van der Waals surface area contributed by atoms with Crippen molar-refractivity contribution in [3.8, 4) is 22.6 Å². The van der Waals surface area contributed by atoms with E-state index in [9.17, 15) is 13.2 Å². The Balaban J connectivity index is 2.05. The highest BCUT2D eigenvalue weighted by Crippen LogP contribution is 2.31. The average molecular weight is 330 g/mol. The Bertz CT molecular complexity index is 831. The van der Waals surface area contributed by atoms with Gasteiger partial charge in [0.15, 0.2) is 5.82 Å². The van der Waals surface area contributed by atoms with Crippen LogP contribution in [0.5, 0.6) is 0 Å². The van der Waals surface area contributed by atoms with Gasteiger partial charge in [0.05, 0.1) is 17.0 Å². The standard InChI is InChI=1S/C17H13F3N4/c18-17(19,20)13-3-1-11(2-4-13)15-9-14(10-21)23-16(24-15)12-5-7-22-8-6-12/h1-9H,10,21H2. The van der Waals surface area contributed by atoms with Crippen LogP contribution < -0.4 is 5.73 Å². The van der Waals surface area contributed by atoms with Crippen LogP contribution in [0.3, 0.4) is 0 Å². The molecule has 2 aromatic heterocycles. The fourth-order valence-electron chi connectivity index (χ4n) is 2.21. The minimum Gasteiger partial charge on any atom is -0.325 e. The van der Waals surface area contributed by atoms with Gasteiger partial charge < -0.3 is 5.73 Å². The predicted molar refractivity (Wildman–Crippen MR) is 83.6 cm³/mol. The van der Waals surface area contributed by atoms with Gasteiger partial charge in [-0.1, -0.05) is 12.1 Å². The highest BCUT2D eigenvalue weighted by Gasteiger charge is 2.30. The minimum atomic E-state index is -4.37. The Morgan fingerprint density at radius 1 is 0.875 bits per heavy atom. The number of nitrogens with two attached hydrogens (primary N) is 1. The van der Waals surface area contributed by atoms with Gasteiger partial charge in [0.25, 0.3) is 0 Å². The zero-order chi connectivity index (χ0) is 17.2. The second-order valence-electron chi connectivity index (χ2n) is 5.08. The topological polar surface area (TPSA) is 64.7 Å². The molecule has 0 aliphatic carbocycles. The molecule has 0 amide bonds. The first-order valence-electron chi connectivity index (χ1n) is 7.13. The molecule has 0 unspecified atom stereocenters. The summed E-state index contributed by atoms with van der Waals surface area (Å²) >= 11 is 0. The van der Waals surface area contributed by atoms with Crippen LogP contribution in [-0.2, 0) is 12.7 Å². The van der Waals surface area contributed by atoms with E-state index in [4.69, 9.17) is 5.73 Å². The van der Waals surface area contributed by atoms with E-state index in [2.05, 4.69) is 15.0 Å². The first-order valence-corrected chi connectivity index (χ1v) is 7.13. The van der Waals surface area contributed by atoms with Crippen molar-refractivity contribution < 1.29 is 13.2 Å². The van der Waals surface area contributed by atoms with Crippen molar-refractivity contribution in [1.82, 2.24) is 15.0 Å². The molecule has 0 radical (unpaired) electrons. The molecular formula is C17H13F3N4. The van der Waals surface area contributed by atoms with Crippen LogP contribution in [0.25, 0.3) is 22.6 Å². The quantitative estimate of drug-likeness (QED) is 0.795. The lowest BCUT2D eigenvalue weighted by molar-refractivity contribution is -0.137. The predicted octanol–water partition coefficient (Wildman–Crippen LogP) is 3.68. The molecule has 3 rings (SSSR count). The van der Waals surface area contributed by atoms with Crippen LogP contribution in [0.4, 0.5) is 13.2 Å². The Labute approximate surface area is 136 Å². The minimum absolute atomic E-state index is 0.203. The number of hydrogen-bond donors (Lipinski definition) is 1. The number of pyridine rings is 1. The maximum absolute atomic E-state index is 12.7. The molecule has 0 saturated carbocycles. The van der Waals surface area contributed by atoms with Crippen LogP contribution in [0.1, 0.15) is 11.3 Å². The zero-order valence-corrected chi connectivity index (χ0v) is 12.5. The van der Waals surface area contributed by atoms with E-state index in [-0.39, 0.29) is 6.54 Å². The van der Waals surface area contributed by atoms with E-state index in [1.807, 2.05) is 0 Å². The summed E-state index contributed by atoms with van der Waals surface area (Å²) in [5.74, 6) is 0.454. The lowest BCUT2D eigenvalue weighted by Crippen LogP contribution is -2.05. The van der Waals surface area contributed by atoms with E-state index in [0.29, 0.717) is 22.8 Å². The molecule has 0 aliphatic heterocycles. The number of hydrogen-bond acceptors (Lipinski definition) is 4. The Morgan fingerprint density at radius 3 is 2.12 bits per heavy atom. The fourth-order valence-corrected chi connectivity index (χ4v) is 2.21. The number of aromatic nitrogens is 3. The first kappa shape index (κ1) is 16.1. The number of alkyl halides is 3. The summed E-state index contributed by atoms with van der Waals surface area (Å²) in [6, 6.07) is 10.0. The first-order chi connectivity index (χ1) is 11.5. The number of benzene rings is 1. The van der Waals surface area contributed by atoms with Crippen molar-refractivity contribution in [3.63, 3.8) is 0 Å². The monoisotopic (exact) mass is 330 g/mol. The van der Waals surface area contributed by atoms with Gasteiger partial charge in [-0.05, 0) is 30.3 Å². The number of nitrogens with zero attached hydrogens (tertiary/aromatic N) is 3. The van der Waals surface area contributed by atoms with Gasteiger partial charge in [-0.2, -0.15) is 13.2 Å². The Kier molecular flexibility index (Phi) is 4.26. The van der Waals surface area contributed by atoms with Crippen LogP contribution in [0.2, 0.25) is 0 Å². The summed E-state index contributed by atoms with van der Waals surface area (Å²) in [5.41, 5.74) is 7.42. The molecule has 0 saturated heterocycles. The molecule has 0 fully saturated rings. The molecule has 24 heavy (non-hydrogen) atoms. The molecule has 0 bridgehead atoms. The van der Waals surface area contributed by atoms with Crippen LogP contribution in [0, 0.1) is 0 Å². The molecule has 4 nitrogen and oxygen atoms in total. The average Bonchev–Trinajstić information content (AvgIpc) is 2.61. The van der Waals surface area contributed by atoms with Crippen molar-refractivity contribution in [3.05, 3.63) is 66.1 Å². The molecule has 3 aromatic rings. The largest absolute Gasteiger partial charge is 0.416 e. The molecule has 0 spiro atoms. The molecular weight excluding hydrogens is 317 g/mol. The third kappa shape index (κ3) is 3.41. The fraction of sp³-hybridized carbons (Fsp3) is 0.118. The van der Waals surface area contributed by atoms with Gasteiger partial charge in [-0.25, -0.2) is 9.97 Å². The van der Waals surface area contributed by atoms with E-state index in [1.54, 1.807) is 30.6 Å². The second kappa shape index (κ2) is 6.37. The second-order valence-corrected chi connectivity index (χ2v) is 5.08. The van der Waals surface area contributed by atoms with Gasteiger partial charge in [-0.15, -0.1) is 0 Å². The summed E-state index contributed by atoms with van der Waals surface area (Å²) in [4.78, 5) is 12.7. The van der Waals surface area contributed by atoms with Crippen molar-refractivity contribution in [2.75, 3.05) is 0 Å². The van der Waals surface area contributed by atoms with E-state index < -0.39 is 11.7 Å². The smallest absolute Gasteiger partial charge is 0.325 e. The third-order valence-corrected chi connectivity index (χ3v) is 3.43. The lowest BCUT2D eigenvalue weighted by atomic mass is 10.1. The maximum Gasteiger partial charge on any atom is 0.416 e. The van der Waals surface area contributed by atoms with Crippen molar-refractivity contribution >= 4 is 0 Å². The van der Waals surface area contributed by atoms with Gasteiger partial charge in [0, 0.05) is 30.1 Å². The van der Waals surface area contributed by atoms with Crippen LogP contribution >= 0.6 is 0 Å². The maximum atomic E-state index is 12.7. The molecule has 1 aromatic carbocycles. The highest BCUT2D eigenvalue weighted by atomic mass is 19.4. The Hall–Kier alpha value is -2.80. The van der Waals surface area contributed by atoms with Gasteiger partial charge in [-0.3, -0.25) is 4.98 Å². The summed E-state index contributed by atoms with van der Waals surface area (Å²) in [6.07, 6.45) is -1.13. The van der Waals surface area contributed by atoms with Crippen molar-refractivity contribution in [1.29, 1.82) is 0 Å². The summed E-state index contributed by atoms with van der Waals surface area (Å²) in [5, 5.41) is 0. The van der Waals surface area contributed by atoms with Gasteiger partial charge in [0.1, 0.15) is 0 Å². The highest BCUT2D eigenvalue weighted by molar-refractivity contribution is 5.64. The van der Waals surface area contributed by atoms with Crippen molar-refractivity contribution in [2.24, 2.45) is 5.73 Å². The van der Waals surface area contributed by atoms with E-state index in [0.717, 1.165) is 17.7 Å². The SMILES string of the molecule is NCc1cc(-c2ccc(C(F)(F)F)cc2)nc(-c2ccncc2)n1. The molecule has 2 N–H and O–H groups in total.